The first-order valence-corrected chi connectivity index (χ1v) is 5.88. The summed E-state index contributed by atoms with van der Waals surface area (Å²) in [6.07, 6.45) is 3.04. The van der Waals surface area contributed by atoms with Crippen molar-refractivity contribution in [2.45, 2.75) is 6.54 Å². The lowest BCUT2D eigenvalue weighted by molar-refractivity contribution is 1.04. The number of hydrogen-bond acceptors (Lipinski definition) is 4. The molecule has 2 N–H and O–H groups in total. The molecular formula is C14H11N5. The molecule has 2 aromatic heterocycles. The lowest BCUT2D eigenvalue weighted by atomic mass is 10.2. The quantitative estimate of drug-likeness (QED) is 0.747. The number of nitriles is 1. The van der Waals surface area contributed by atoms with Crippen LogP contribution in [0.1, 0.15) is 11.4 Å². The van der Waals surface area contributed by atoms with Gasteiger partial charge in [0.05, 0.1) is 18.9 Å². The molecule has 92 valence electrons. The highest BCUT2D eigenvalue weighted by molar-refractivity contribution is 5.80. The van der Waals surface area contributed by atoms with E-state index in [1.807, 2.05) is 24.3 Å². The van der Waals surface area contributed by atoms with Crippen molar-refractivity contribution >= 4 is 16.7 Å². The van der Waals surface area contributed by atoms with E-state index in [-0.39, 0.29) is 0 Å². The van der Waals surface area contributed by atoms with Crippen molar-refractivity contribution in [2.75, 3.05) is 5.32 Å². The second-order valence-electron chi connectivity index (χ2n) is 4.14. The molecule has 5 heteroatoms. The molecule has 3 aromatic rings. The van der Waals surface area contributed by atoms with Gasteiger partial charge < -0.3 is 10.3 Å². The standard InChI is InChI=1S/C14H11N5/c15-6-12-7-16-9-14(19-12)17-8-11-5-10-3-1-2-4-13(10)18-11/h1-5,7,9,18H,8H2,(H,17,19). The van der Waals surface area contributed by atoms with Gasteiger partial charge in [0.1, 0.15) is 11.9 Å². The van der Waals surface area contributed by atoms with E-state index < -0.39 is 0 Å². The average Bonchev–Trinajstić information content (AvgIpc) is 2.88. The molecule has 2 heterocycles. The van der Waals surface area contributed by atoms with Crippen molar-refractivity contribution in [1.29, 1.82) is 5.26 Å². The van der Waals surface area contributed by atoms with Gasteiger partial charge in [0.15, 0.2) is 5.69 Å². The molecule has 0 aliphatic rings. The van der Waals surface area contributed by atoms with E-state index in [1.165, 1.54) is 11.6 Å². The third-order valence-electron chi connectivity index (χ3n) is 2.79. The number of aromatic amines is 1. The van der Waals surface area contributed by atoms with E-state index in [2.05, 4.69) is 32.4 Å². The van der Waals surface area contributed by atoms with E-state index >= 15 is 0 Å². The number of benzene rings is 1. The zero-order valence-corrected chi connectivity index (χ0v) is 10.1. The Hall–Kier alpha value is -2.87. The number of para-hydroxylation sites is 1. The van der Waals surface area contributed by atoms with Crippen LogP contribution in [0.2, 0.25) is 0 Å². The van der Waals surface area contributed by atoms with Gasteiger partial charge in [-0.2, -0.15) is 5.26 Å². The Morgan fingerprint density at radius 2 is 2.16 bits per heavy atom. The summed E-state index contributed by atoms with van der Waals surface area (Å²) >= 11 is 0. The van der Waals surface area contributed by atoms with Gasteiger partial charge in [-0.3, -0.25) is 4.98 Å². The monoisotopic (exact) mass is 249 g/mol. The van der Waals surface area contributed by atoms with Gasteiger partial charge in [0.2, 0.25) is 0 Å². The molecule has 0 aliphatic carbocycles. The molecule has 5 nitrogen and oxygen atoms in total. The summed E-state index contributed by atoms with van der Waals surface area (Å²) in [5.74, 6) is 0.595. The molecule has 0 amide bonds. The number of anilines is 1. The summed E-state index contributed by atoms with van der Waals surface area (Å²) in [6, 6.07) is 12.2. The highest BCUT2D eigenvalue weighted by Crippen LogP contribution is 2.15. The molecule has 0 saturated heterocycles. The maximum atomic E-state index is 8.76. The summed E-state index contributed by atoms with van der Waals surface area (Å²) in [5.41, 5.74) is 2.48. The lowest BCUT2D eigenvalue weighted by Gasteiger charge is -2.02. The van der Waals surface area contributed by atoms with E-state index in [0.29, 0.717) is 18.1 Å². The molecule has 3 rings (SSSR count). The molecule has 0 aliphatic heterocycles. The minimum absolute atomic E-state index is 0.307. The third kappa shape index (κ3) is 2.38. The van der Waals surface area contributed by atoms with Crippen molar-refractivity contribution in [1.82, 2.24) is 15.0 Å². The molecular weight excluding hydrogens is 238 g/mol. The Kier molecular flexibility index (Phi) is 2.83. The van der Waals surface area contributed by atoms with Crippen LogP contribution in [0.3, 0.4) is 0 Å². The summed E-state index contributed by atoms with van der Waals surface area (Å²) in [5, 5.41) is 13.1. The molecule has 0 saturated carbocycles. The third-order valence-corrected chi connectivity index (χ3v) is 2.79. The highest BCUT2D eigenvalue weighted by atomic mass is 15.0. The first kappa shape index (κ1) is 11.2. The molecule has 0 unspecified atom stereocenters. The van der Waals surface area contributed by atoms with Crippen molar-refractivity contribution in [3.8, 4) is 6.07 Å². The van der Waals surface area contributed by atoms with Crippen molar-refractivity contribution < 1.29 is 0 Å². The van der Waals surface area contributed by atoms with Crippen LogP contribution in [0.4, 0.5) is 5.82 Å². The first-order chi connectivity index (χ1) is 9.35. The zero-order chi connectivity index (χ0) is 13.1. The first-order valence-electron chi connectivity index (χ1n) is 5.88. The van der Waals surface area contributed by atoms with Crippen LogP contribution >= 0.6 is 0 Å². The fraction of sp³-hybridized carbons (Fsp3) is 0.0714. The summed E-state index contributed by atoms with van der Waals surface area (Å²) in [7, 11) is 0. The number of rotatable bonds is 3. The van der Waals surface area contributed by atoms with Crippen molar-refractivity contribution in [3.63, 3.8) is 0 Å². The van der Waals surface area contributed by atoms with Crippen LogP contribution in [-0.2, 0) is 6.54 Å². The van der Waals surface area contributed by atoms with Crippen LogP contribution in [0.25, 0.3) is 10.9 Å². The number of nitrogens with one attached hydrogen (secondary N) is 2. The predicted molar refractivity (Wildman–Crippen MR) is 72.4 cm³/mol. The molecule has 0 fully saturated rings. The number of aromatic nitrogens is 3. The normalized spacial score (nSPS) is 10.3. The molecule has 0 bridgehead atoms. The van der Waals surface area contributed by atoms with Crippen LogP contribution in [0.15, 0.2) is 42.7 Å². The van der Waals surface area contributed by atoms with Gasteiger partial charge in [-0.1, -0.05) is 18.2 Å². The average molecular weight is 249 g/mol. The minimum atomic E-state index is 0.307. The number of nitrogens with zero attached hydrogens (tertiary/aromatic N) is 3. The van der Waals surface area contributed by atoms with Crippen LogP contribution in [0, 0.1) is 11.3 Å². The minimum Gasteiger partial charge on any atom is -0.363 e. The van der Waals surface area contributed by atoms with E-state index in [4.69, 9.17) is 5.26 Å². The molecule has 1 aromatic carbocycles. The van der Waals surface area contributed by atoms with Gasteiger partial charge in [-0.05, 0) is 17.5 Å². The number of hydrogen-bond donors (Lipinski definition) is 2. The van der Waals surface area contributed by atoms with Gasteiger partial charge in [0.25, 0.3) is 0 Å². The highest BCUT2D eigenvalue weighted by Gasteiger charge is 2.01. The Morgan fingerprint density at radius 1 is 1.26 bits per heavy atom. The van der Waals surface area contributed by atoms with E-state index in [1.54, 1.807) is 6.20 Å². The topological polar surface area (TPSA) is 77.4 Å². The Bertz CT molecular complexity index is 721. The molecule has 0 radical (unpaired) electrons. The molecule has 0 atom stereocenters. The van der Waals surface area contributed by atoms with Gasteiger partial charge in [-0.15, -0.1) is 0 Å². The van der Waals surface area contributed by atoms with Crippen molar-refractivity contribution in [2.24, 2.45) is 0 Å². The van der Waals surface area contributed by atoms with Gasteiger partial charge >= 0.3 is 0 Å². The van der Waals surface area contributed by atoms with Crippen molar-refractivity contribution in [3.05, 3.63) is 54.1 Å². The smallest absolute Gasteiger partial charge is 0.161 e. The fourth-order valence-electron chi connectivity index (χ4n) is 1.92. The predicted octanol–water partition coefficient (Wildman–Crippen LogP) is 2.44. The Balaban J connectivity index is 1.76. The maximum Gasteiger partial charge on any atom is 0.161 e. The zero-order valence-electron chi connectivity index (χ0n) is 10.1. The molecule has 0 spiro atoms. The Labute approximate surface area is 109 Å². The molecule has 19 heavy (non-hydrogen) atoms. The van der Waals surface area contributed by atoms with Crippen LogP contribution in [-0.4, -0.2) is 15.0 Å². The SMILES string of the molecule is N#Cc1cncc(NCc2cc3ccccc3[nH]2)n1. The van der Waals surface area contributed by atoms with E-state index in [9.17, 15) is 0 Å². The Morgan fingerprint density at radius 3 is 3.00 bits per heavy atom. The van der Waals surface area contributed by atoms with E-state index in [0.717, 1.165) is 11.2 Å². The van der Waals surface area contributed by atoms with Gasteiger partial charge in [0, 0.05) is 11.2 Å². The second kappa shape index (κ2) is 4.78. The summed E-state index contributed by atoms with van der Waals surface area (Å²) in [6.45, 7) is 0.609. The fourth-order valence-corrected chi connectivity index (χ4v) is 1.92. The number of fused-ring (bicyclic) bond motifs is 1. The van der Waals surface area contributed by atoms with Crippen LogP contribution < -0.4 is 5.32 Å². The lowest BCUT2D eigenvalue weighted by Crippen LogP contribution is -2.02. The number of H-pyrrole nitrogens is 1. The van der Waals surface area contributed by atoms with Crippen LogP contribution in [0.5, 0.6) is 0 Å². The van der Waals surface area contributed by atoms with Gasteiger partial charge in [-0.25, -0.2) is 4.98 Å². The maximum absolute atomic E-state index is 8.76. The summed E-state index contributed by atoms with van der Waals surface area (Å²) < 4.78 is 0. The summed E-state index contributed by atoms with van der Waals surface area (Å²) in [4.78, 5) is 11.4. The largest absolute Gasteiger partial charge is 0.363 e. The second-order valence-corrected chi connectivity index (χ2v) is 4.14.